The van der Waals surface area contributed by atoms with Crippen molar-refractivity contribution in [2.75, 3.05) is 42.9 Å². The number of amides is 1. The van der Waals surface area contributed by atoms with Gasteiger partial charge in [0.15, 0.2) is 0 Å². The predicted molar refractivity (Wildman–Crippen MR) is 99.5 cm³/mol. The van der Waals surface area contributed by atoms with E-state index in [1.165, 1.54) is 0 Å². The smallest absolute Gasteiger partial charge is 0.238 e. The molecule has 1 aliphatic rings. The zero-order valence-electron chi connectivity index (χ0n) is 13.3. The third kappa shape index (κ3) is 4.27. The number of rotatable bonds is 4. The van der Waals surface area contributed by atoms with Crippen molar-refractivity contribution in [3.63, 3.8) is 0 Å². The number of carbonyl (C=O) groups is 1. The Bertz CT molecular complexity index is 698. The van der Waals surface area contributed by atoms with Gasteiger partial charge in [0, 0.05) is 36.3 Å². The number of para-hydroxylation sites is 2. The SMILES string of the molecule is O=C(CN1CCN(c2ccccc2O)CC1)Nc1ccc(Br)cc1. The van der Waals surface area contributed by atoms with Crippen LogP contribution in [-0.4, -0.2) is 48.6 Å². The molecular formula is C18H20BrN3O2. The first-order chi connectivity index (χ1) is 11.6. The number of nitrogens with zero attached hydrogens (tertiary/aromatic N) is 2. The molecule has 0 aliphatic carbocycles. The maximum Gasteiger partial charge on any atom is 0.238 e. The summed E-state index contributed by atoms with van der Waals surface area (Å²) in [6.07, 6.45) is 0. The number of hydrogen-bond donors (Lipinski definition) is 2. The molecule has 1 heterocycles. The molecule has 0 unspecified atom stereocenters. The van der Waals surface area contributed by atoms with E-state index in [2.05, 4.69) is 31.0 Å². The van der Waals surface area contributed by atoms with E-state index in [0.717, 1.165) is 42.0 Å². The first-order valence-electron chi connectivity index (χ1n) is 7.92. The van der Waals surface area contributed by atoms with E-state index in [4.69, 9.17) is 0 Å². The number of aromatic hydroxyl groups is 1. The molecule has 1 amide bonds. The molecule has 126 valence electrons. The molecule has 24 heavy (non-hydrogen) atoms. The van der Waals surface area contributed by atoms with Crippen molar-refractivity contribution in [2.45, 2.75) is 0 Å². The van der Waals surface area contributed by atoms with Gasteiger partial charge in [-0.1, -0.05) is 28.1 Å². The van der Waals surface area contributed by atoms with Crippen molar-refractivity contribution < 1.29 is 9.90 Å². The third-order valence-electron chi connectivity index (χ3n) is 4.09. The predicted octanol–water partition coefficient (Wildman–Crippen LogP) is 2.92. The molecular weight excluding hydrogens is 370 g/mol. The average molecular weight is 390 g/mol. The minimum absolute atomic E-state index is 0.00618. The van der Waals surface area contributed by atoms with Gasteiger partial charge in [0.25, 0.3) is 0 Å². The van der Waals surface area contributed by atoms with Crippen LogP contribution in [0.4, 0.5) is 11.4 Å². The second-order valence-corrected chi connectivity index (χ2v) is 6.72. The van der Waals surface area contributed by atoms with E-state index >= 15 is 0 Å². The van der Waals surface area contributed by atoms with Gasteiger partial charge in [0.05, 0.1) is 12.2 Å². The fourth-order valence-corrected chi connectivity index (χ4v) is 3.08. The number of benzene rings is 2. The van der Waals surface area contributed by atoms with Gasteiger partial charge in [-0.15, -0.1) is 0 Å². The molecule has 0 spiro atoms. The van der Waals surface area contributed by atoms with Gasteiger partial charge >= 0.3 is 0 Å². The van der Waals surface area contributed by atoms with Crippen LogP contribution in [0.25, 0.3) is 0 Å². The van der Waals surface area contributed by atoms with Crippen molar-refractivity contribution in [3.8, 4) is 5.75 Å². The Morgan fingerprint density at radius 1 is 1.04 bits per heavy atom. The molecule has 0 saturated carbocycles. The lowest BCUT2D eigenvalue weighted by Crippen LogP contribution is -2.48. The van der Waals surface area contributed by atoms with E-state index in [1.807, 2.05) is 42.5 Å². The zero-order chi connectivity index (χ0) is 16.9. The lowest BCUT2D eigenvalue weighted by Gasteiger charge is -2.35. The molecule has 5 nitrogen and oxygen atoms in total. The molecule has 2 aromatic rings. The van der Waals surface area contributed by atoms with Crippen LogP contribution >= 0.6 is 15.9 Å². The van der Waals surface area contributed by atoms with Crippen molar-refractivity contribution in [3.05, 3.63) is 53.0 Å². The molecule has 6 heteroatoms. The van der Waals surface area contributed by atoms with E-state index in [1.54, 1.807) is 6.07 Å². The number of hydrogen-bond acceptors (Lipinski definition) is 4. The Morgan fingerprint density at radius 2 is 1.71 bits per heavy atom. The second-order valence-electron chi connectivity index (χ2n) is 5.81. The van der Waals surface area contributed by atoms with Crippen LogP contribution < -0.4 is 10.2 Å². The maximum atomic E-state index is 12.2. The summed E-state index contributed by atoms with van der Waals surface area (Å²) < 4.78 is 0.987. The van der Waals surface area contributed by atoms with Crippen molar-refractivity contribution in [1.29, 1.82) is 0 Å². The van der Waals surface area contributed by atoms with E-state index in [-0.39, 0.29) is 5.91 Å². The summed E-state index contributed by atoms with van der Waals surface area (Å²) in [5, 5.41) is 12.8. The Balaban J connectivity index is 1.49. The number of carbonyl (C=O) groups excluding carboxylic acids is 1. The van der Waals surface area contributed by atoms with Crippen LogP contribution in [0.3, 0.4) is 0 Å². The highest BCUT2D eigenvalue weighted by atomic mass is 79.9. The van der Waals surface area contributed by atoms with Crippen molar-refractivity contribution >= 4 is 33.2 Å². The fraction of sp³-hybridized carbons (Fsp3) is 0.278. The largest absolute Gasteiger partial charge is 0.506 e. The molecule has 3 rings (SSSR count). The van der Waals surface area contributed by atoms with Crippen LogP contribution in [0.15, 0.2) is 53.0 Å². The van der Waals surface area contributed by atoms with Gasteiger partial charge < -0.3 is 15.3 Å². The Labute approximate surface area is 150 Å². The second kappa shape index (κ2) is 7.68. The van der Waals surface area contributed by atoms with Gasteiger partial charge in [-0.2, -0.15) is 0 Å². The maximum absolute atomic E-state index is 12.2. The highest BCUT2D eigenvalue weighted by Crippen LogP contribution is 2.27. The molecule has 0 radical (unpaired) electrons. The van der Waals surface area contributed by atoms with Crippen molar-refractivity contribution in [1.82, 2.24) is 4.90 Å². The Hall–Kier alpha value is -2.05. The Morgan fingerprint density at radius 3 is 2.38 bits per heavy atom. The number of phenolic OH excluding ortho intramolecular Hbond substituents is 1. The van der Waals surface area contributed by atoms with E-state index in [9.17, 15) is 9.90 Å². The first kappa shape index (κ1) is 16.8. The summed E-state index contributed by atoms with van der Waals surface area (Å²) in [5.41, 5.74) is 1.66. The quantitative estimate of drug-likeness (QED) is 0.843. The van der Waals surface area contributed by atoms with Crippen LogP contribution in [0.1, 0.15) is 0 Å². The average Bonchev–Trinajstić information content (AvgIpc) is 2.58. The lowest BCUT2D eigenvalue weighted by atomic mass is 10.2. The summed E-state index contributed by atoms with van der Waals surface area (Å²) in [4.78, 5) is 16.4. The number of piperazine rings is 1. The molecule has 2 N–H and O–H groups in total. The lowest BCUT2D eigenvalue weighted by molar-refractivity contribution is -0.117. The minimum atomic E-state index is -0.00618. The summed E-state index contributed by atoms with van der Waals surface area (Å²) in [6, 6.07) is 14.9. The summed E-state index contributed by atoms with van der Waals surface area (Å²) in [6.45, 7) is 3.56. The van der Waals surface area contributed by atoms with E-state index < -0.39 is 0 Å². The van der Waals surface area contributed by atoms with Gasteiger partial charge in [-0.05, 0) is 36.4 Å². The van der Waals surface area contributed by atoms with Gasteiger partial charge in [0.2, 0.25) is 5.91 Å². The van der Waals surface area contributed by atoms with Crippen molar-refractivity contribution in [2.24, 2.45) is 0 Å². The van der Waals surface area contributed by atoms with Gasteiger partial charge in [-0.25, -0.2) is 0 Å². The number of anilines is 2. The van der Waals surface area contributed by atoms with Crippen LogP contribution in [0.2, 0.25) is 0 Å². The number of phenols is 1. The summed E-state index contributed by atoms with van der Waals surface area (Å²) in [5.74, 6) is 0.298. The topological polar surface area (TPSA) is 55.8 Å². The van der Waals surface area contributed by atoms with Gasteiger partial charge in [-0.3, -0.25) is 9.69 Å². The summed E-state index contributed by atoms with van der Waals surface area (Å²) in [7, 11) is 0. The standard InChI is InChI=1S/C18H20BrN3O2/c19-14-5-7-15(8-6-14)20-18(24)13-21-9-11-22(12-10-21)16-3-1-2-4-17(16)23/h1-8,23H,9-13H2,(H,20,24). The normalized spacial score (nSPS) is 15.3. The molecule has 1 fully saturated rings. The Kier molecular flexibility index (Phi) is 5.37. The molecule has 2 aromatic carbocycles. The zero-order valence-corrected chi connectivity index (χ0v) is 14.9. The number of nitrogens with one attached hydrogen (secondary N) is 1. The van der Waals surface area contributed by atoms with Crippen LogP contribution in [0, 0.1) is 0 Å². The number of halogens is 1. The molecule has 0 aromatic heterocycles. The first-order valence-corrected chi connectivity index (χ1v) is 8.72. The molecule has 1 aliphatic heterocycles. The van der Waals surface area contributed by atoms with Gasteiger partial charge in [0.1, 0.15) is 5.75 Å². The fourth-order valence-electron chi connectivity index (χ4n) is 2.82. The molecule has 1 saturated heterocycles. The molecule has 0 bridgehead atoms. The van der Waals surface area contributed by atoms with Crippen LogP contribution in [-0.2, 0) is 4.79 Å². The highest BCUT2D eigenvalue weighted by Gasteiger charge is 2.20. The highest BCUT2D eigenvalue weighted by molar-refractivity contribution is 9.10. The minimum Gasteiger partial charge on any atom is -0.506 e. The molecule has 0 atom stereocenters. The summed E-state index contributed by atoms with van der Waals surface area (Å²) >= 11 is 3.38. The van der Waals surface area contributed by atoms with Crippen LogP contribution in [0.5, 0.6) is 5.75 Å². The van der Waals surface area contributed by atoms with E-state index in [0.29, 0.717) is 12.3 Å². The monoisotopic (exact) mass is 389 g/mol. The third-order valence-corrected chi connectivity index (χ3v) is 4.62.